The molecular formula is C16H23NO3S. The van der Waals surface area contributed by atoms with Crippen LogP contribution in [0.1, 0.15) is 37.2 Å². The maximum atomic E-state index is 11.4. The molecule has 1 aliphatic heterocycles. The second-order valence-corrected chi connectivity index (χ2v) is 8.84. The fourth-order valence-corrected chi connectivity index (χ4v) is 4.80. The fraction of sp³-hybridized carbons (Fsp3) is 0.625. The van der Waals surface area contributed by atoms with E-state index in [1.807, 2.05) is 6.07 Å². The molecule has 0 unspecified atom stereocenters. The summed E-state index contributed by atoms with van der Waals surface area (Å²) < 4.78 is 22.8. The molecule has 1 saturated carbocycles. The first-order valence-electron chi connectivity index (χ1n) is 7.67. The first-order chi connectivity index (χ1) is 9.96. The van der Waals surface area contributed by atoms with Gasteiger partial charge in [-0.2, -0.15) is 0 Å². The zero-order chi connectivity index (χ0) is 14.9. The highest BCUT2D eigenvalue weighted by Crippen LogP contribution is 2.37. The summed E-state index contributed by atoms with van der Waals surface area (Å²) in [6, 6.07) is 11.0. The van der Waals surface area contributed by atoms with Gasteiger partial charge in [-0.15, -0.1) is 0 Å². The van der Waals surface area contributed by atoms with Crippen LogP contribution in [0.15, 0.2) is 30.3 Å². The first-order valence-corrected chi connectivity index (χ1v) is 9.49. The summed E-state index contributed by atoms with van der Waals surface area (Å²) in [6.45, 7) is 0.509. The van der Waals surface area contributed by atoms with Gasteiger partial charge in [0.05, 0.1) is 17.1 Å². The van der Waals surface area contributed by atoms with Crippen molar-refractivity contribution in [2.75, 3.05) is 18.1 Å². The SMILES string of the molecule is O=S1(=O)CCC(O)(CNC2CC(c3ccccc3)C2)CC1. The maximum absolute atomic E-state index is 11.4. The first kappa shape index (κ1) is 15.0. The number of hydrogen-bond acceptors (Lipinski definition) is 4. The highest BCUT2D eigenvalue weighted by atomic mass is 32.2. The summed E-state index contributed by atoms with van der Waals surface area (Å²) in [6.07, 6.45) is 2.91. The Balaban J connectivity index is 1.44. The van der Waals surface area contributed by atoms with E-state index in [-0.39, 0.29) is 11.5 Å². The van der Waals surface area contributed by atoms with Crippen LogP contribution in [0.25, 0.3) is 0 Å². The number of benzene rings is 1. The quantitative estimate of drug-likeness (QED) is 0.884. The smallest absolute Gasteiger partial charge is 0.150 e. The molecule has 21 heavy (non-hydrogen) atoms. The Hall–Kier alpha value is -0.910. The van der Waals surface area contributed by atoms with Gasteiger partial charge in [0, 0.05) is 12.6 Å². The average Bonchev–Trinajstić information content (AvgIpc) is 2.42. The van der Waals surface area contributed by atoms with E-state index in [9.17, 15) is 13.5 Å². The van der Waals surface area contributed by atoms with Crippen molar-refractivity contribution in [1.82, 2.24) is 5.32 Å². The van der Waals surface area contributed by atoms with Crippen LogP contribution in [-0.2, 0) is 9.84 Å². The van der Waals surface area contributed by atoms with Gasteiger partial charge in [-0.25, -0.2) is 8.42 Å². The molecule has 4 nitrogen and oxygen atoms in total. The van der Waals surface area contributed by atoms with Crippen molar-refractivity contribution in [2.24, 2.45) is 0 Å². The Morgan fingerprint density at radius 1 is 1.14 bits per heavy atom. The van der Waals surface area contributed by atoms with E-state index < -0.39 is 15.4 Å². The third-order valence-corrected chi connectivity index (χ3v) is 6.54. The molecule has 2 aliphatic rings. The minimum Gasteiger partial charge on any atom is -0.388 e. The van der Waals surface area contributed by atoms with E-state index in [1.165, 1.54) is 5.56 Å². The second kappa shape index (κ2) is 5.71. The maximum Gasteiger partial charge on any atom is 0.150 e. The van der Waals surface area contributed by atoms with Crippen LogP contribution in [0, 0.1) is 0 Å². The fourth-order valence-electron chi connectivity index (χ4n) is 3.21. The number of aliphatic hydroxyl groups is 1. The Bertz CT molecular complexity index is 565. The lowest BCUT2D eigenvalue weighted by atomic mass is 9.75. The van der Waals surface area contributed by atoms with Crippen molar-refractivity contribution < 1.29 is 13.5 Å². The molecule has 2 N–H and O–H groups in total. The lowest BCUT2D eigenvalue weighted by Crippen LogP contribution is -2.51. The Kier molecular flexibility index (Phi) is 4.08. The van der Waals surface area contributed by atoms with Crippen LogP contribution in [0.5, 0.6) is 0 Å². The topological polar surface area (TPSA) is 66.4 Å². The van der Waals surface area contributed by atoms with Gasteiger partial charge in [0.25, 0.3) is 0 Å². The summed E-state index contributed by atoms with van der Waals surface area (Å²) in [4.78, 5) is 0. The summed E-state index contributed by atoms with van der Waals surface area (Å²) in [7, 11) is -2.92. The van der Waals surface area contributed by atoms with E-state index in [4.69, 9.17) is 0 Å². The standard InChI is InChI=1S/C16H23NO3S/c18-16(6-8-21(19,20)9-7-16)12-17-15-10-14(11-15)13-4-2-1-3-5-13/h1-5,14-15,17-18H,6-12H2. The molecule has 0 spiro atoms. The number of nitrogens with one attached hydrogen (secondary N) is 1. The van der Waals surface area contributed by atoms with E-state index >= 15 is 0 Å². The molecular weight excluding hydrogens is 286 g/mol. The Labute approximate surface area is 126 Å². The highest BCUT2D eigenvalue weighted by molar-refractivity contribution is 7.91. The summed E-state index contributed by atoms with van der Waals surface area (Å²) >= 11 is 0. The van der Waals surface area contributed by atoms with E-state index in [0.717, 1.165) is 12.8 Å². The Morgan fingerprint density at radius 2 is 1.76 bits per heavy atom. The molecule has 1 aromatic carbocycles. The largest absolute Gasteiger partial charge is 0.388 e. The van der Waals surface area contributed by atoms with Gasteiger partial charge < -0.3 is 10.4 Å². The van der Waals surface area contributed by atoms with E-state index in [2.05, 4.69) is 29.6 Å². The average molecular weight is 309 g/mol. The normalized spacial score (nSPS) is 30.5. The molecule has 0 radical (unpaired) electrons. The summed E-state index contributed by atoms with van der Waals surface area (Å²) in [5.74, 6) is 0.843. The minimum atomic E-state index is -2.92. The molecule has 1 heterocycles. The zero-order valence-electron chi connectivity index (χ0n) is 12.2. The zero-order valence-corrected chi connectivity index (χ0v) is 13.0. The molecule has 0 aromatic heterocycles. The van der Waals surface area contributed by atoms with Crippen LogP contribution in [-0.4, -0.2) is 43.2 Å². The van der Waals surface area contributed by atoms with Crippen LogP contribution >= 0.6 is 0 Å². The van der Waals surface area contributed by atoms with Gasteiger partial charge in [-0.3, -0.25) is 0 Å². The minimum absolute atomic E-state index is 0.114. The molecule has 1 saturated heterocycles. The van der Waals surface area contributed by atoms with E-state index in [0.29, 0.717) is 31.3 Å². The van der Waals surface area contributed by atoms with Crippen LogP contribution in [0.2, 0.25) is 0 Å². The molecule has 3 rings (SSSR count). The third kappa shape index (κ3) is 3.65. The number of sulfone groups is 1. The predicted octanol–water partition coefficient (Wildman–Crippen LogP) is 1.46. The van der Waals surface area contributed by atoms with Gasteiger partial charge in [0.15, 0.2) is 9.84 Å². The van der Waals surface area contributed by atoms with Gasteiger partial charge in [-0.1, -0.05) is 30.3 Å². The van der Waals surface area contributed by atoms with Gasteiger partial charge in [-0.05, 0) is 37.2 Å². The molecule has 0 bridgehead atoms. The van der Waals surface area contributed by atoms with Crippen molar-refractivity contribution in [1.29, 1.82) is 0 Å². The molecule has 1 aromatic rings. The van der Waals surface area contributed by atoms with Crippen molar-refractivity contribution in [3.05, 3.63) is 35.9 Å². The van der Waals surface area contributed by atoms with Crippen molar-refractivity contribution in [3.8, 4) is 0 Å². The third-order valence-electron chi connectivity index (χ3n) is 4.89. The number of rotatable bonds is 4. The lowest BCUT2D eigenvalue weighted by molar-refractivity contribution is 0.0242. The molecule has 1 aliphatic carbocycles. The van der Waals surface area contributed by atoms with Crippen LogP contribution in [0.3, 0.4) is 0 Å². The summed E-state index contributed by atoms with van der Waals surface area (Å²) in [5, 5.41) is 13.8. The second-order valence-electron chi connectivity index (χ2n) is 6.53. The van der Waals surface area contributed by atoms with Crippen molar-refractivity contribution in [2.45, 2.75) is 43.2 Å². The van der Waals surface area contributed by atoms with Crippen LogP contribution in [0.4, 0.5) is 0 Å². The predicted molar refractivity (Wildman–Crippen MR) is 83.0 cm³/mol. The highest BCUT2D eigenvalue weighted by Gasteiger charge is 2.37. The van der Waals surface area contributed by atoms with Gasteiger partial charge in [0.2, 0.25) is 0 Å². The molecule has 0 amide bonds. The molecule has 5 heteroatoms. The van der Waals surface area contributed by atoms with Crippen molar-refractivity contribution >= 4 is 9.84 Å². The molecule has 0 atom stereocenters. The Morgan fingerprint density at radius 3 is 2.38 bits per heavy atom. The van der Waals surface area contributed by atoms with Gasteiger partial charge in [0.1, 0.15) is 0 Å². The number of hydrogen-bond donors (Lipinski definition) is 2. The van der Waals surface area contributed by atoms with E-state index in [1.54, 1.807) is 0 Å². The summed E-state index contributed by atoms with van der Waals surface area (Å²) in [5.41, 5.74) is 0.543. The lowest BCUT2D eigenvalue weighted by Gasteiger charge is -2.40. The molecule has 116 valence electrons. The monoisotopic (exact) mass is 309 g/mol. The van der Waals surface area contributed by atoms with Crippen molar-refractivity contribution in [3.63, 3.8) is 0 Å². The van der Waals surface area contributed by atoms with Gasteiger partial charge >= 0.3 is 0 Å². The van der Waals surface area contributed by atoms with Crippen LogP contribution < -0.4 is 5.32 Å². The molecule has 2 fully saturated rings.